The Morgan fingerprint density at radius 1 is 1.11 bits per heavy atom. The van der Waals surface area contributed by atoms with E-state index >= 15 is 0 Å². The van der Waals surface area contributed by atoms with E-state index in [1.165, 1.54) is 4.90 Å². The van der Waals surface area contributed by atoms with E-state index in [0.717, 1.165) is 24.6 Å². The Balaban J connectivity index is 2.11. The highest BCUT2D eigenvalue weighted by molar-refractivity contribution is 6.22. The summed E-state index contributed by atoms with van der Waals surface area (Å²) >= 11 is 0. The highest BCUT2D eigenvalue weighted by Crippen LogP contribution is 2.29. The lowest BCUT2D eigenvalue weighted by Gasteiger charge is -2.23. The summed E-state index contributed by atoms with van der Waals surface area (Å²) in [5.41, 5.74) is 0.574. The van der Waals surface area contributed by atoms with E-state index in [1.807, 2.05) is 32.0 Å². The monoisotopic (exact) mass is 375 g/mol. The van der Waals surface area contributed by atoms with E-state index in [4.69, 9.17) is 14.6 Å². The van der Waals surface area contributed by atoms with Crippen molar-refractivity contribution in [3.05, 3.63) is 35.5 Å². The Bertz CT molecular complexity index is 740. The summed E-state index contributed by atoms with van der Waals surface area (Å²) in [5.74, 6) is -1.02. The number of carbonyl (C=O) groups is 3. The summed E-state index contributed by atoms with van der Waals surface area (Å²) in [7, 11) is 0. The molecule has 0 saturated heterocycles. The number of hydrogen-bond donors (Lipinski definition) is 1. The lowest BCUT2D eigenvalue weighted by atomic mass is 10.0. The van der Waals surface area contributed by atoms with Gasteiger partial charge in [0.2, 0.25) is 5.91 Å². The number of ether oxygens (including phenoxy) is 2. The maximum Gasteiger partial charge on any atom is 0.340 e. The average Bonchev–Trinajstić information content (AvgIpc) is 2.64. The fourth-order valence-corrected chi connectivity index (χ4v) is 2.61. The molecule has 7 heteroatoms. The number of carboxylic acid groups (broad SMARTS) is 1. The van der Waals surface area contributed by atoms with E-state index in [2.05, 4.69) is 0 Å². The van der Waals surface area contributed by atoms with E-state index in [0.29, 0.717) is 31.1 Å². The molecule has 1 amide bonds. The van der Waals surface area contributed by atoms with Crippen LogP contribution in [0.1, 0.15) is 38.7 Å². The number of ketones is 1. The summed E-state index contributed by atoms with van der Waals surface area (Å²) < 4.78 is 11.5. The van der Waals surface area contributed by atoms with Gasteiger partial charge in [0.05, 0.1) is 19.6 Å². The van der Waals surface area contributed by atoms with Crippen molar-refractivity contribution >= 4 is 17.7 Å². The molecule has 146 valence electrons. The Morgan fingerprint density at radius 3 is 2.41 bits per heavy atom. The highest BCUT2D eigenvalue weighted by Gasteiger charge is 2.29. The van der Waals surface area contributed by atoms with Crippen molar-refractivity contribution in [1.82, 2.24) is 4.90 Å². The van der Waals surface area contributed by atoms with Crippen LogP contribution in [0.4, 0.5) is 0 Å². The van der Waals surface area contributed by atoms with E-state index < -0.39 is 24.1 Å². The van der Waals surface area contributed by atoms with Gasteiger partial charge in [-0.25, -0.2) is 4.79 Å². The third-order valence-corrected chi connectivity index (χ3v) is 4.02. The standard InChI is InChI=1S/C20H25NO6/c1-3-9-26-17-6-5-14(11-18(17)27-10-4-2)7-8-21-13-15(20(24)25)16(22)12-19(21)23/h5-6,11,13H,3-4,7-10,12H2,1-2H3,(H,24,25). The molecule has 1 aromatic rings. The largest absolute Gasteiger partial charge is 0.490 e. The smallest absolute Gasteiger partial charge is 0.340 e. The molecule has 1 aromatic carbocycles. The van der Waals surface area contributed by atoms with Gasteiger partial charge in [0.15, 0.2) is 17.3 Å². The van der Waals surface area contributed by atoms with Crippen molar-refractivity contribution in [3.63, 3.8) is 0 Å². The predicted molar refractivity (Wildman–Crippen MR) is 98.8 cm³/mol. The van der Waals surface area contributed by atoms with Gasteiger partial charge >= 0.3 is 5.97 Å². The van der Waals surface area contributed by atoms with E-state index in [1.54, 1.807) is 0 Å². The van der Waals surface area contributed by atoms with Gasteiger partial charge in [0.25, 0.3) is 0 Å². The molecule has 1 aliphatic heterocycles. The van der Waals surface area contributed by atoms with Gasteiger partial charge in [0, 0.05) is 12.7 Å². The van der Waals surface area contributed by atoms with Gasteiger partial charge < -0.3 is 19.5 Å². The van der Waals surface area contributed by atoms with Crippen LogP contribution >= 0.6 is 0 Å². The Morgan fingerprint density at radius 2 is 1.78 bits per heavy atom. The van der Waals surface area contributed by atoms with Crippen molar-refractivity contribution in [2.75, 3.05) is 19.8 Å². The SMILES string of the molecule is CCCOc1ccc(CCN2C=C(C(=O)O)C(=O)CC2=O)cc1OCCC. The molecule has 0 unspecified atom stereocenters. The second-order valence-corrected chi connectivity index (χ2v) is 6.26. The zero-order valence-electron chi connectivity index (χ0n) is 15.7. The first-order valence-electron chi connectivity index (χ1n) is 9.12. The number of aliphatic carboxylic acids is 1. The number of Topliss-reactive ketones (excluding diaryl/α,β-unsaturated/α-hetero) is 1. The predicted octanol–water partition coefficient (Wildman–Crippen LogP) is 2.58. The normalized spacial score (nSPS) is 14.1. The summed E-state index contributed by atoms with van der Waals surface area (Å²) in [6.45, 7) is 5.50. The molecule has 0 aromatic heterocycles. The minimum Gasteiger partial charge on any atom is -0.490 e. The highest BCUT2D eigenvalue weighted by atomic mass is 16.5. The van der Waals surface area contributed by atoms with Crippen LogP contribution in [0, 0.1) is 0 Å². The van der Waals surface area contributed by atoms with Gasteiger partial charge in [-0.2, -0.15) is 0 Å². The van der Waals surface area contributed by atoms with E-state index in [-0.39, 0.29) is 12.1 Å². The van der Waals surface area contributed by atoms with Crippen LogP contribution in [0.15, 0.2) is 30.0 Å². The molecular weight excluding hydrogens is 350 g/mol. The third-order valence-electron chi connectivity index (χ3n) is 4.02. The molecule has 27 heavy (non-hydrogen) atoms. The molecule has 0 atom stereocenters. The van der Waals surface area contributed by atoms with Crippen LogP contribution in [0.5, 0.6) is 11.5 Å². The first kappa shape index (κ1) is 20.5. The summed E-state index contributed by atoms with van der Waals surface area (Å²) in [4.78, 5) is 36.0. The number of carboxylic acids is 1. The van der Waals surface area contributed by atoms with Crippen LogP contribution in [0.25, 0.3) is 0 Å². The van der Waals surface area contributed by atoms with Crippen molar-refractivity contribution in [2.24, 2.45) is 0 Å². The fourth-order valence-electron chi connectivity index (χ4n) is 2.61. The van der Waals surface area contributed by atoms with Gasteiger partial charge in [-0.1, -0.05) is 19.9 Å². The Hall–Kier alpha value is -2.83. The zero-order chi connectivity index (χ0) is 19.8. The molecule has 1 aliphatic rings. The van der Waals surface area contributed by atoms with Crippen molar-refractivity contribution < 1.29 is 29.0 Å². The minimum absolute atomic E-state index is 0.283. The number of carbonyl (C=O) groups excluding carboxylic acids is 2. The molecular formula is C20H25NO6. The Labute approximate surface area is 158 Å². The minimum atomic E-state index is -1.31. The summed E-state index contributed by atoms with van der Waals surface area (Å²) in [5, 5.41) is 9.06. The van der Waals surface area contributed by atoms with E-state index in [9.17, 15) is 14.4 Å². The van der Waals surface area contributed by atoms with Crippen molar-refractivity contribution in [1.29, 1.82) is 0 Å². The van der Waals surface area contributed by atoms with Gasteiger partial charge in [-0.05, 0) is 37.0 Å². The van der Waals surface area contributed by atoms with Crippen LogP contribution in [-0.4, -0.2) is 47.4 Å². The molecule has 0 fully saturated rings. The lowest BCUT2D eigenvalue weighted by molar-refractivity contribution is -0.137. The van der Waals surface area contributed by atoms with Crippen LogP contribution in [0.2, 0.25) is 0 Å². The lowest BCUT2D eigenvalue weighted by Crippen LogP contribution is -2.36. The van der Waals surface area contributed by atoms with Crippen LogP contribution < -0.4 is 9.47 Å². The van der Waals surface area contributed by atoms with Crippen molar-refractivity contribution in [3.8, 4) is 11.5 Å². The molecule has 0 saturated carbocycles. The quantitative estimate of drug-likeness (QED) is 0.499. The zero-order valence-corrected chi connectivity index (χ0v) is 15.7. The second-order valence-electron chi connectivity index (χ2n) is 6.26. The van der Waals surface area contributed by atoms with Crippen molar-refractivity contribution in [2.45, 2.75) is 39.5 Å². The van der Waals surface area contributed by atoms with Crippen LogP contribution in [-0.2, 0) is 20.8 Å². The maximum absolute atomic E-state index is 12.0. The average molecular weight is 375 g/mol. The molecule has 2 rings (SSSR count). The third kappa shape index (κ3) is 5.57. The number of benzene rings is 1. The fraction of sp³-hybridized carbons (Fsp3) is 0.450. The molecule has 7 nitrogen and oxygen atoms in total. The topological polar surface area (TPSA) is 93.1 Å². The number of nitrogens with zero attached hydrogens (tertiary/aromatic N) is 1. The maximum atomic E-state index is 12.0. The first-order chi connectivity index (χ1) is 13.0. The molecule has 0 radical (unpaired) electrons. The van der Waals surface area contributed by atoms with Crippen LogP contribution in [0.3, 0.4) is 0 Å². The molecule has 1 heterocycles. The summed E-state index contributed by atoms with van der Waals surface area (Å²) in [6.07, 6.45) is 2.98. The number of hydrogen-bond acceptors (Lipinski definition) is 5. The summed E-state index contributed by atoms with van der Waals surface area (Å²) in [6, 6.07) is 5.61. The Kier molecular flexibility index (Phi) is 7.40. The van der Waals surface area contributed by atoms with Gasteiger partial charge in [-0.15, -0.1) is 0 Å². The number of amides is 1. The van der Waals surface area contributed by atoms with Gasteiger partial charge in [-0.3, -0.25) is 9.59 Å². The molecule has 0 aliphatic carbocycles. The first-order valence-corrected chi connectivity index (χ1v) is 9.12. The van der Waals surface area contributed by atoms with Gasteiger partial charge in [0.1, 0.15) is 5.57 Å². The molecule has 0 spiro atoms. The second kappa shape index (κ2) is 9.75. The number of rotatable bonds is 10. The molecule has 1 N–H and O–H groups in total. The molecule has 0 bridgehead atoms.